The Hall–Kier alpha value is -2.87. The lowest BCUT2D eigenvalue weighted by molar-refractivity contribution is 0.112. The highest BCUT2D eigenvalue weighted by Gasteiger charge is 2.04. The fourth-order valence-corrected chi connectivity index (χ4v) is 2.17. The topological polar surface area (TPSA) is 26.3 Å². The smallest absolute Gasteiger partial charge is 0.153 e. The molecule has 0 amide bonds. The Balaban J connectivity index is 1.92. The van der Waals surface area contributed by atoms with Crippen LogP contribution in [0.25, 0.3) is 11.1 Å². The van der Waals surface area contributed by atoms with Crippen LogP contribution in [0.3, 0.4) is 0 Å². The van der Waals surface area contributed by atoms with E-state index in [0.29, 0.717) is 17.1 Å². The van der Waals surface area contributed by atoms with Crippen molar-refractivity contribution in [2.24, 2.45) is 0 Å². The van der Waals surface area contributed by atoms with Crippen molar-refractivity contribution in [3.05, 3.63) is 84.4 Å². The summed E-state index contributed by atoms with van der Waals surface area (Å²) in [5.41, 5.74) is 2.76. The van der Waals surface area contributed by atoms with Crippen LogP contribution in [0.2, 0.25) is 0 Å². The minimum absolute atomic E-state index is 0.544. The Morgan fingerprint density at radius 2 is 1.43 bits per heavy atom. The average Bonchev–Trinajstić information content (AvgIpc) is 2.56. The normalized spacial score (nSPS) is 10.1. The second-order valence-corrected chi connectivity index (χ2v) is 4.65. The summed E-state index contributed by atoms with van der Waals surface area (Å²) in [5.74, 6) is 1.28. The molecule has 3 aromatic carbocycles. The van der Waals surface area contributed by atoms with E-state index in [0.717, 1.165) is 17.4 Å². The van der Waals surface area contributed by atoms with Gasteiger partial charge in [0.25, 0.3) is 0 Å². The first-order valence-corrected chi connectivity index (χ1v) is 6.74. The second kappa shape index (κ2) is 6.06. The molecule has 0 radical (unpaired) electrons. The van der Waals surface area contributed by atoms with Crippen molar-refractivity contribution in [2.45, 2.75) is 0 Å². The molecule has 0 fully saturated rings. The molecule has 21 heavy (non-hydrogen) atoms. The number of carbonyl (C=O) groups excluding carboxylic acids is 1. The summed E-state index contributed by atoms with van der Waals surface area (Å²) >= 11 is 0. The first-order chi connectivity index (χ1) is 10.4. The summed E-state index contributed by atoms with van der Waals surface area (Å²) in [6.45, 7) is 0. The Kier molecular flexibility index (Phi) is 3.79. The highest BCUT2D eigenvalue weighted by atomic mass is 16.5. The van der Waals surface area contributed by atoms with E-state index in [1.54, 1.807) is 12.1 Å². The molecule has 0 saturated heterocycles. The molecular weight excluding hydrogens is 260 g/mol. The number of para-hydroxylation sites is 1. The van der Waals surface area contributed by atoms with Crippen LogP contribution in [-0.2, 0) is 0 Å². The Morgan fingerprint density at radius 1 is 0.714 bits per heavy atom. The van der Waals surface area contributed by atoms with Gasteiger partial charge in [0.15, 0.2) is 6.29 Å². The molecule has 0 atom stereocenters. The summed E-state index contributed by atoms with van der Waals surface area (Å²) in [6.07, 6.45) is 0.802. The van der Waals surface area contributed by atoms with Crippen molar-refractivity contribution in [1.82, 2.24) is 0 Å². The molecule has 3 rings (SSSR count). The van der Waals surface area contributed by atoms with Crippen molar-refractivity contribution in [2.75, 3.05) is 0 Å². The van der Waals surface area contributed by atoms with E-state index in [4.69, 9.17) is 4.74 Å². The van der Waals surface area contributed by atoms with E-state index in [1.807, 2.05) is 54.6 Å². The number of rotatable bonds is 4. The maximum atomic E-state index is 11.0. The summed E-state index contributed by atoms with van der Waals surface area (Å²) in [7, 11) is 0. The van der Waals surface area contributed by atoms with Gasteiger partial charge in [0.1, 0.15) is 11.5 Å². The van der Waals surface area contributed by atoms with Crippen LogP contribution in [0.4, 0.5) is 0 Å². The fourth-order valence-electron chi connectivity index (χ4n) is 2.17. The Labute approximate surface area is 123 Å². The van der Waals surface area contributed by atoms with Gasteiger partial charge in [0, 0.05) is 0 Å². The molecule has 0 spiro atoms. The SMILES string of the molecule is O=Cc1ccccc1Oc1cccc(-c2ccccc2)c1. The van der Waals surface area contributed by atoms with Crippen molar-refractivity contribution in [3.63, 3.8) is 0 Å². The van der Waals surface area contributed by atoms with Crippen molar-refractivity contribution < 1.29 is 9.53 Å². The third-order valence-corrected chi connectivity index (χ3v) is 3.21. The van der Waals surface area contributed by atoms with E-state index in [1.165, 1.54) is 0 Å². The van der Waals surface area contributed by atoms with Gasteiger partial charge in [0.2, 0.25) is 0 Å². The average molecular weight is 274 g/mol. The van der Waals surface area contributed by atoms with Gasteiger partial charge in [-0.1, -0.05) is 54.6 Å². The summed E-state index contributed by atoms with van der Waals surface area (Å²) in [4.78, 5) is 11.0. The molecule has 0 bridgehead atoms. The highest BCUT2D eigenvalue weighted by molar-refractivity contribution is 5.79. The minimum atomic E-state index is 0.544. The maximum Gasteiger partial charge on any atom is 0.153 e. The molecule has 2 heteroatoms. The number of aldehydes is 1. The third-order valence-electron chi connectivity index (χ3n) is 3.21. The molecule has 102 valence electrons. The second-order valence-electron chi connectivity index (χ2n) is 4.65. The van der Waals surface area contributed by atoms with Crippen molar-refractivity contribution >= 4 is 6.29 Å². The van der Waals surface area contributed by atoms with Gasteiger partial charge in [-0.15, -0.1) is 0 Å². The lowest BCUT2D eigenvalue weighted by Crippen LogP contribution is -1.90. The van der Waals surface area contributed by atoms with Crippen LogP contribution in [0, 0.1) is 0 Å². The monoisotopic (exact) mass is 274 g/mol. The molecular formula is C19H14O2. The fraction of sp³-hybridized carbons (Fsp3) is 0. The molecule has 0 unspecified atom stereocenters. The first-order valence-electron chi connectivity index (χ1n) is 6.74. The number of hydrogen-bond donors (Lipinski definition) is 0. The number of carbonyl (C=O) groups is 1. The van der Waals surface area contributed by atoms with Gasteiger partial charge >= 0.3 is 0 Å². The predicted molar refractivity (Wildman–Crippen MR) is 83.8 cm³/mol. The summed E-state index contributed by atoms with van der Waals surface area (Å²) < 4.78 is 5.83. The summed E-state index contributed by atoms with van der Waals surface area (Å²) in [6, 6.07) is 25.1. The summed E-state index contributed by atoms with van der Waals surface area (Å²) in [5, 5.41) is 0. The first kappa shape index (κ1) is 13.1. The van der Waals surface area contributed by atoms with Gasteiger partial charge in [-0.2, -0.15) is 0 Å². The van der Waals surface area contributed by atoms with Crippen LogP contribution in [0.5, 0.6) is 11.5 Å². The Bertz CT molecular complexity index is 748. The molecule has 2 nitrogen and oxygen atoms in total. The molecule has 0 saturated carbocycles. The molecule has 0 heterocycles. The van der Waals surface area contributed by atoms with E-state index in [-0.39, 0.29) is 0 Å². The van der Waals surface area contributed by atoms with Crippen molar-refractivity contribution in [1.29, 1.82) is 0 Å². The van der Waals surface area contributed by atoms with Gasteiger partial charge in [-0.05, 0) is 35.4 Å². The minimum Gasteiger partial charge on any atom is -0.457 e. The lowest BCUT2D eigenvalue weighted by atomic mass is 10.1. The van der Waals surface area contributed by atoms with Crippen LogP contribution in [0.15, 0.2) is 78.9 Å². The van der Waals surface area contributed by atoms with Gasteiger partial charge in [-0.3, -0.25) is 4.79 Å². The molecule has 0 aromatic heterocycles. The zero-order valence-corrected chi connectivity index (χ0v) is 11.4. The van der Waals surface area contributed by atoms with Gasteiger partial charge in [-0.25, -0.2) is 0 Å². The molecule has 0 N–H and O–H groups in total. The standard InChI is InChI=1S/C19H14O2/c20-14-17-9-4-5-12-19(17)21-18-11-6-10-16(13-18)15-7-2-1-3-8-15/h1-14H. The predicted octanol–water partition coefficient (Wildman–Crippen LogP) is 4.96. The molecule has 0 aliphatic rings. The zero-order valence-electron chi connectivity index (χ0n) is 11.4. The quantitative estimate of drug-likeness (QED) is 0.629. The van der Waals surface area contributed by atoms with E-state index in [2.05, 4.69) is 12.1 Å². The lowest BCUT2D eigenvalue weighted by Gasteiger charge is -2.09. The van der Waals surface area contributed by atoms with Crippen LogP contribution in [0.1, 0.15) is 10.4 Å². The number of benzene rings is 3. The van der Waals surface area contributed by atoms with Gasteiger partial charge < -0.3 is 4.74 Å². The van der Waals surface area contributed by atoms with Crippen LogP contribution in [-0.4, -0.2) is 6.29 Å². The third kappa shape index (κ3) is 3.00. The van der Waals surface area contributed by atoms with E-state index >= 15 is 0 Å². The maximum absolute atomic E-state index is 11.0. The van der Waals surface area contributed by atoms with E-state index < -0.39 is 0 Å². The zero-order chi connectivity index (χ0) is 14.5. The highest BCUT2D eigenvalue weighted by Crippen LogP contribution is 2.28. The number of hydrogen-bond acceptors (Lipinski definition) is 2. The largest absolute Gasteiger partial charge is 0.457 e. The number of ether oxygens (including phenoxy) is 1. The van der Waals surface area contributed by atoms with Gasteiger partial charge in [0.05, 0.1) is 5.56 Å². The van der Waals surface area contributed by atoms with Crippen LogP contribution < -0.4 is 4.74 Å². The molecule has 3 aromatic rings. The van der Waals surface area contributed by atoms with E-state index in [9.17, 15) is 4.79 Å². The van der Waals surface area contributed by atoms with Crippen molar-refractivity contribution in [3.8, 4) is 22.6 Å². The molecule has 0 aliphatic carbocycles. The van der Waals surface area contributed by atoms with Crippen LogP contribution >= 0.6 is 0 Å². The Morgan fingerprint density at radius 3 is 2.24 bits per heavy atom. The molecule has 0 aliphatic heterocycles.